The van der Waals surface area contributed by atoms with Crippen molar-refractivity contribution in [2.75, 3.05) is 5.32 Å². The molecule has 0 amide bonds. The van der Waals surface area contributed by atoms with Gasteiger partial charge in [-0.2, -0.15) is 0 Å². The fourth-order valence-electron chi connectivity index (χ4n) is 2.40. The Morgan fingerprint density at radius 3 is 2.60 bits per heavy atom. The van der Waals surface area contributed by atoms with Gasteiger partial charge in [0.15, 0.2) is 5.13 Å². The summed E-state index contributed by atoms with van der Waals surface area (Å²) in [7, 11) is 0. The normalized spacial score (nSPS) is 26.9. The molecule has 0 spiro atoms. The topological polar surface area (TPSA) is 24.9 Å². The van der Waals surface area contributed by atoms with Gasteiger partial charge in [0.2, 0.25) is 0 Å². The molecule has 0 bridgehead atoms. The van der Waals surface area contributed by atoms with E-state index in [1.54, 1.807) is 11.3 Å². The zero-order chi connectivity index (χ0) is 10.7. The van der Waals surface area contributed by atoms with Crippen LogP contribution in [0.25, 0.3) is 0 Å². The molecule has 1 heterocycles. The highest BCUT2D eigenvalue weighted by molar-refractivity contribution is 7.13. The zero-order valence-corrected chi connectivity index (χ0v) is 10.4. The smallest absolute Gasteiger partial charge is 0.182 e. The molecule has 1 aromatic rings. The van der Waals surface area contributed by atoms with Crippen molar-refractivity contribution in [1.29, 1.82) is 0 Å². The molecule has 0 atom stereocenters. The number of aromatic nitrogens is 1. The van der Waals surface area contributed by atoms with Crippen molar-refractivity contribution < 1.29 is 0 Å². The average Bonchev–Trinajstić information content (AvgIpc) is 2.71. The first-order valence-electron chi connectivity index (χ1n) is 5.91. The maximum absolute atomic E-state index is 4.27. The SMILES string of the molecule is CC(C)[C@H]1CC[C@H](Nc2nccs2)CC1. The Kier molecular flexibility index (Phi) is 3.62. The quantitative estimate of drug-likeness (QED) is 0.845. The Bertz CT molecular complexity index is 274. The lowest BCUT2D eigenvalue weighted by Gasteiger charge is -2.31. The summed E-state index contributed by atoms with van der Waals surface area (Å²) < 4.78 is 0. The third-order valence-electron chi connectivity index (χ3n) is 3.47. The highest BCUT2D eigenvalue weighted by Gasteiger charge is 2.23. The fourth-order valence-corrected chi connectivity index (χ4v) is 3.01. The van der Waals surface area contributed by atoms with Gasteiger partial charge in [0.25, 0.3) is 0 Å². The van der Waals surface area contributed by atoms with Gasteiger partial charge in [-0.25, -0.2) is 4.98 Å². The summed E-state index contributed by atoms with van der Waals surface area (Å²) >= 11 is 1.70. The summed E-state index contributed by atoms with van der Waals surface area (Å²) in [6.45, 7) is 4.69. The Morgan fingerprint density at radius 2 is 2.07 bits per heavy atom. The molecule has 2 rings (SSSR count). The van der Waals surface area contributed by atoms with Crippen LogP contribution in [-0.2, 0) is 0 Å². The summed E-state index contributed by atoms with van der Waals surface area (Å²) in [4.78, 5) is 4.27. The van der Waals surface area contributed by atoms with Gasteiger partial charge in [0, 0.05) is 17.6 Å². The Hall–Kier alpha value is -0.570. The molecule has 0 saturated heterocycles. The highest BCUT2D eigenvalue weighted by Crippen LogP contribution is 2.31. The van der Waals surface area contributed by atoms with Crippen molar-refractivity contribution in [3.8, 4) is 0 Å². The number of hydrogen-bond donors (Lipinski definition) is 1. The Labute approximate surface area is 96.1 Å². The summed E-state index contributed by atoms with van der Waals surface area (Å²) in [5, 5.41) is 6.64. The summed E-state index contributed by atoms with van der Waals surface area (Å²) in [6.07, 6.45) is 7.24. The highest BCUT2D eigenvalue weighted by atomic mass is 32.1. The largest absolute Gasteiger partial charge is 0.359 e. The molecular weight excluding hydrogens is 204 g/mol. The van der Waals surface area contributed by atoms with Gasteiger partial charge in [-0.1, -0.05) is 13.8 Å². The number of hydrogen-bond acceptors (Lipinski definition) is 3. The van der Waals surface area contributed by atoms with E-state index in [0.717, 1.165) is 17.0 Å². The van der Waals surface area contributed by atoms with E-state index < -0.39 is 0 Å². The fraction of sp³-hybridized carbons (Fsp3) is 0.750. The van der Waals surface area contributed by atoms with Crippen molar-refractivity contribution in [3.05, 3.63) is 11.6 Å². The Balaban J connectivity index is 1.79. The van der Waals surface area contributed by atoms with E-state index in [4.69, 9.17) is 0 Å². The molecule has 1 aliphatic carbocycles. The molecule has 15 heavy (non-hydrogen) atoms. The molecule has 0 aliphatic heterocycles. The number of nitrogens with zero attached hydrogens (tertiary/aromatic N) is 1. The van der Waals surface area contributed by atoms with Crippen LogP contribution >= 0.6 is 11.3 Å². The zero-order valence-electron chi connectivity index (χ0n) is 9.57. The molecule has 1 N–H and O–H groups in total. The predicted molar refractivity (Wildman–Crippen MR) is 66.3 cm³/mol. The van der Waals surface area contributed by atoms with E-state index >= 15 is 0 Å². The van der Waals surface area contributed by atoms with Crippen LogP contribution in [0.1, 0.15) is 39.5 Å². The lowest BCUT2D eigenvalue weighted by Crippen LogP contribution is -2.27. The molecule has 3 heteroatoms. The van der Waals surface area contributed by atoms with E-state index in [1.807, 2.05) is 11.6 Å². The summed E-state index contributed by atoms with van der Waals surface area (Å²) in [6, 6.07) is 0.658. The molecule has 1 aliphatic rings. The van der Waals surface area contributed by atoms with Crippen molar-refractivity contribution in [3.63, 3.8) is 0 Å². The third-order valence-corrected chi connectivity index (χ3v) is 4.18. The Morgan fingerprint density at radius 1 is 1.33 bits per heavy atom. The second kappa shape index (κ2) is 4.97. The molecule has 0 aromatic carbocycles. The maximum Gasteiger partial charge on any atom is 0.182 e. The number of thiazole rings is 1. The van der Waals surface area contributed by atoms with E-state index in [0.29, 0.717) is 6.04 Å². The lowest BCUT2D eigenvalue weighted by atomic mass is 9.80. The van der Waals surface area contributed by atoms with Crippen LogP contribution in [0.15, 0.2) is 11.6 Å². The van der Waals surface area contributed by atoms with E-state index in [-0.39, 0.29) is 0 Å². The second-order valence-electron chi connectivity index (χ2n) is 4.84. The number of rotatable bonds is 3. The second-order valence-corrected chi connectivity index (χ2v) is 5.73. The lowest BCUT2D eigenvalue weighted by molar-refractivity contribution is 0.267. The standard InChI is InChI=1S/C12H20N2S/c1-9(2)10-3-5-11(6-4-10)14-12-13-7-8-15-12/h7-11H,3-6H2,1-2H3,(H,13,14)/t10-,11-. The van der Waals surface area contributed by atoms with Crippen molar-refractivity contribution >= 4 is 16.5 Å². The first-order chi connectivity index (χ1) is 7.25. The van der Waals surface area contributed by atoms with Crippen molar-refractivity contribution in [2.24, 2.45) is 11.8 Å². The van der Waals surface area contributed by atoms with Gasteiger partial charge in [-0.3, -0.25) is 0 Å². The molecular formula is C12H20N2S. The predicted octanol–water partition coefficient (Wildman–Crippen LogP) is 3.77. The van der Waals surface area contributed by atoms with Crippen LogP contribution in [0.2, 0.25) is 0 Å². The van der Waals surface area contributed by atoms with Crippen LogP contribution < -0.4 is 5.32 Å². The molecule has 0 unspecified atom stereocenters. The van der Waals surface area contributed by atoms with Crippen LogP contribution in [0.5, 0.6) is 0 Å². The molecule has 1 fully saturated rings. The third kappa shape index (κ3) is 2.94. The first-order valence-corrected chi connectivity index (χ1v) is 6.79. The molecule has 1 saturated carbocycles. The molecule has 0 radical (unpaired) electrons. The van der Waals surface area contributed by atoms with Gasteiger partial charge in [0.1, 0.15) is 0 Å². The summed E-state index contributed by atoms with van der Waals surface area (Å²) in [5.41, 5.74) is 0. The van der Waals surface area contributed by atoms with Gasteiger partial charge in [-0.15, -0.1) is 11.3 Å². The van der Waals surface area contributed by atoms with Crippen molar-refractivity contribution in [2.45, 2.75) is 45.6 Å². The molecule has 84 valence electrons. The summed E-state index contributed by atoms with van der Waals surface area (Å²) in [5.74, 6) is 1.80. The minimum Gasteiger partial charge on any atom is -0.359 e. The number of nitrogens with one attached hydrogen (secondary N) is 1. The average molecular weight is 224 g/mol. The maximum atomic E-state index is 4.27. The minimum atomic E-state index is 0.658. The van der Waals surface area contributed by atoms with Crippen LogP contribution in [0.4, 0.5) is 5.13 Å². The van der Waals surface area contributed by atoms with Gasteiger partial charge < -0.3 is 5.32 Å². The van der Waals surface area contributed by atoms with Crippen molar-refractivity contribution in [1.82, 2.24) is 4.98 Å². The van der Waals surface area contributed by atoms with E-state index in [2.05, 4.69) is 24.1 Å². The van der Waals surface area contributed by atoms with Gasteiger partial charge in [-0.05, 0) is 37.5 Å². The molecule has 2 nitrogen and oxygen atoms in total. The monoisotopic (exact) mass is 224 g/mol. The number of anilines is 1. The minimum absolute atomic E-state index is 0.658. The van der Waals surface area contributed by atoms with Gasteiger partial charge >= 0.3 is 0 Å². The van der Waals surface area contributed by atoms with Crippen LogP contribution in [0, 0.1) is 11.8 Å². The van der Waals surface area contributed by atoms with E-state index in [1.165, 1.54) is 25.7 Å². The van der Waals surface area contributed by atoms with Gasteiger partial charge in [0.05, 0.1) is 0 Å². The molecule has 1 aromatic heterocycles. The van der Waals surface area contributed by atoms with Crippen LogP contribution in [0.3, 0.4) is 0 Å². The first kappa shape index (κ1) is 10.9. The van der Waals surface area contributed by atoms with E-state index in [9.17, 15) is 0 Å². The van der Waals surface area contributed by atoms with Crippen LogP contribution in [-0.4, -0.2) is 11.0 Å².